The maximum Gasteiger partial charge on any atom is 0.339 e. The highest BCUT2D eigenvalue weighted by Gasteiger charge is 2.21. The summed E-state index contributed by atoms with van der Waals surface area (Å²) < 4.78 is 10.5. The highest BCUT2D eigenvalue weighted by atomic mass is 16.6. The molecule has 18 heavy (non-hydrogen) atoms. The third-order valence-corrected chi connectivity index (χ3v) is 2.23. The molecular weight excluding hydrogens is 230 g/mol. The minimum absolute atomic E-state index is 0.110. The number of nitriles is 1. The number of benzene rings is 1. The summed E-state index contributed by atoms with van der Waals surface area (Å²) in [6, 6.07) is 7.10. The molecule has 0 heterocycles. The van der Waals surface area contributed by atoms with Crippen molar-refractivity contribution in [3.05, 3.63) is 29.3 Å². The standard InChI is InChI=1S/C14H17NO3/c1-14(2,3)18-13(16)11-6-5-7-12(17-4)10(11)8-9-15/h5-7H,8H2,1-4H3. The van der Waals surface area contributed by atoms with E-state index < -0.39 is 11.6 Å². The van der Waals surface area contributed by atoms with Crippen molar-refractivity contribution in [2.45, 2.75) is 32.8 Å². The maximum atomic E-state index is 12.0. The van der Waals surface area contributed by atoms with Crippen molar-refractivity contribution in [2.24, 2.45) is 0 Å². The summed E-state index contributed by atoms with van der Waals surface area (Å²) in [5, 5.41) is 8.82. The van der Waals surface area contributed by atoms with E-state index in [0.717, 1.165) is 0 Å². The van der Waals surface area contributed by atoms with E-state index in [1.54, 1.807) is 39.0 Å². The third kappa shape index (κ3) is 3.49. The first-order valence-electron chi connectivity index (χ1n) is 5.65. The highest BCUT2D eigenvalue weighted by Crippen LogP contribution is 2.24. The van der Waals surface area contributed by atoms with Crippen LogP contribution >= 0.6 is 0 Å². The smallest absolute Gasteiger partial charge is 0.339 e. The zero-order valence-electron chi connectivity index (χ0n) is 11.1. The van der Waals surface area contributed by atoms with Gasteiger partial charge in [-0.3, -0.25) is 0 Å². The van der Waals surface area contributed by atoms with Crippen LogP contribution in [-0.4, -0.2) is 18.7 Å². The average molecular weight is 247 g/mol. The molecule has 1 rings (SSSR count). The van der Waals surface area contributed by atoms with Gasteiger partial charge in [-0.15, -0.1) is 0 Å². The largest absolute Gasteiger partial charge is 0.496 e. The lowest BCUT2D eigenvalue weighted by molar-refractivity contribution is 0.00681. The van der Waals surface area contributed by atoms with Crippen molar-refractivity contribution in [3.8, 4) is 11.8 Å². The van der Waals surface area contributed by atoms with Gasteiger partial charge in [0.1, 0.15) is 11.4 Å². The number of hydrogen-bond acceptors (Lipinski definition) is 4. The number of hydrogen-bond donors (Lipinski definition) is 0. The Kier molecular flexibility index (Phi) is 4.33. The Morgan fingerprint density at radius 1 is 1.39 bits per heavy atom. The van der Waals surface area contributed by atoms with E-state index in [1.165, 1.54) is 7.11 Å². The Morgan fingerprint density at radius 2 is 2.06 bits per heavy atom. The van der Waals surface area contributed by atoms with E-state index in [1.807, 2.05) is 6.07 Å². The normalized spacial score (nSPS) is 10.6. The van der Waals surface area contributed by atoms with Crippen LogP contribution in [0.3, 0.4) is 0 Å². The molecule has 0 saturated carbocycles. The first-order valence-corrected chi connectivity index (χ1v) is 5.65. The minimum Gasteiger partial charge on any atom is -0.496 e. The Balaban J connectivity index is 3.16. The van der Waals surface area contributed by atoms with Crippen LogP contribution in [0.4, 0.5) is 0 Å². The van der Waals surface area contributed by atoms with Crippen LogP contribution in [-0.2, 0) is 11.2 Å². The fourth-order valence-electron chi connectivity index (χ4n) is 1.54. The van der Waals surface area contributed by atoms with E-state index in [4.69, 9.17) is 14.7 Å². The maximum absolute atomic E-state index is 12.0. The molecule has 1 aromatic rings. The molecule has 4 nitrogen and oxygen atoms in total. The van der Waals surface area contributed by atoms with Crippen LogP contribution in [0.2, 0.25) is 0 Å². The van der Waals surface area contributed by atoms with Crippen LogP contribution in [0.1, 0.15) is 36.7 Å². The molecule has 0 saturated heterocycles. The van der Waals surface area contributed by atoms with E-state index in [-0.39, 0.29) is 6.42 Å². The first kappa shape index (κ1) is 14.0. The highest BCUT2D eigenvalue weighted by molar-refractivity contribution is 5.92. The molecule has 4 heteroatoms. The van der Waals surface area contributed by atoms with Crippen LogP contribution in [0.25, 0.3) is 0 Å². The fraction of sp³-hybridized carbons (Fsp3) is 0.429. The Morgan fingerprint density at radius 3 is 2.56 bits per heavy atom. The second kappa shape index (κ2) is 5.54. The van der Waals surface area contributed by atoms with Gasteiger partial charge in [0.15, 0.2) is 0 Å². The van der Waals surface area contributed by atoms with Crippen LogP contribution in [0.15, 0.2) is 18.2 Å². The predicted molar refractivity (Wildman–Crippen MR) is 67.5 cm³/mol. The summed E-state index contributed by atoms with van der Waals surface area (Å²) in [7, 11) is 1.51. The number of nitrogens with zero attached hydrogens (tertiary/aromatic N) is 1. The number of ether oxygens (including phenoxy) is 2. The van der Waals surface area contributed by atoms with E-state index in [0.29, 0.717) is 16.9 Å². The molecule has 0 atom stereocenters. The Labute approximate surface area is 107 Å². The summed E-state index contributed by atoms with van der Waals surface area (Å²) in [4.78, 5) is 12.0. The zero-order chi connectivity index (χ0) is 13.8. The van der Waals surface area contributed by atoms with E-state index >= 15 is 0 Å². The molecule has 0 amide bonds. The van der Waals surface area contributed by atoms with Crippen molar-refractivity contribution in [1.82, 2.24) is 0 Å². The number of esters is 1. The van der Waals surface area contributed by atoms with Gasteiger partial charge in [-0.1, -0.05) is 6.07 Å². The lowest BCUT2D eigenvalue weighted by Gasteiger charge is -2.20. The Hall–Kier alpha value is -2.02. The summed E-state index contributed by atoms with van der Waals surface area (Å²) in [6.45, 7) is 5.40. The molecule has 0 bridgehead atoms. The van der Waals surface area contributed by atoms with E-state index in [2.05, 4.69) is 0 Å². The van der Waals surface area contributed by atoms with Crippen molar-refractivity contribution < 1.29 is 14.3 Å². The Bertz CT molecular complexity index is 481. The molecule has 0 aliphatic rings. The predicted octanol–water partition coefficient (Wildman–Crippen LogP) is 2.72. The van der Waals surface area contributed by atoms with Gasteiger partial charge in [-0.2, -0.15) is 5.26 Å². The number of carbonyl (C=O) groups excluding carboxylic acids is 1. The van der Waals surface area contributed by atoms with Crippen molar-refractivity contribution in [2.75, 3.05) is 7.11 Å². The molecular formula is C14H17NO3. The van der Waals surface area contributed by atoms with Gasteiger partial charge >= 0.3 is 5.97 Å². The SMILES string of the molecule is COc1cccc(C(=O)OC(C)(C)C)c1CC#N. The molecule has 0 unspecified atom stereocenters. The lowest BCUT2D eigenvalue weighted by atomic mass is 10.0. The van der Waals surface area contributed by atoms with Crippen molar-refractivity contribution in [1.29, 1.82) is 5.26 Å². The van der Waals surface area contributed by atoms with E-state index in [9.17, 15) is 4.79 Å². The molecule has 0 N–H and O–H groups in total. The summed E-state index contributed by atoms with van der Waals surface area (Å²) in [5.74, 6) is 0.0894. The molecule has 0 aliphatic heterocycles. The van der Waals surface area contributed by atoms with Crippen molar-refractivity contribution >= 4 is 5.97 Å². The second-order valence-corrected chi connectivity index (χ2v) is 4.82. The average Bonchev–Trinajstić information content (AvgIpc) is 2.27. The lowest BCUT2D eigenvalue weighted by Crippen LogP contribution is -2.24. The molecule has 0 aromatic heterocycles. The van der Waals surface area contributed by atoms with Crippen LogP contribution < -0.4 is 4.74 Å². The third-order valence-electron chi connectivity index (χ3n) is 2.23. The summed E-state index contributed by atoms with van der Waals surface area (Å²) in [6.07, 6.45) is 0.110. The summed E-state index contributed by atoms with van der Waals surface area (Å²) >= 11 is 0. The van der Waals surface area contributed by atoms with Gasteiger partial charge in [0, 0.05) is 5.56 Å². The summed E-state index contributed by atoms with van der Waals surface area (Å²) in [5.41, 5.74) is 0.381. The molecule has 0 fully saturated rings. The molecule has 96 valence electrons. The fourth-order valence-corrected chi connectivity index (χ4v) is 1.54. The van der Waals surface area contributed by atoms with Gasteiger partial charge in [-0.05, 0) is 32.9 Å². The van der Waals surface area contributed by atoms with Gasteiger partial charge < -0.3 is 9.47 Å². The quantitative estimate of drug-likeness (QED) is 0.770. The number of carbonyl (C=O) groups is 1. The second-order valence-electron chi connectivity index (χ2n) is 4.82. The van der Waals surface area contributed by atoms with Gasteiger partial charge in [0.25, 0.3) is 0 Å². The number of rotatable bonds is 3. The molecule has 1 aromatic carbocycles. The molecule has 0 radical (unpaired) electrons. The monoisotopic (exact) mass is 247 g/mol. The molecule has 0 aliphatic carbocycles. The van der Waals surface area contributed by atoms with Gasteiger partial charge in [0.2, 0.25) is 0 Å². The topological polar surface area (TPSA) is 59.3 Å². The number of methoxy groups -OCH3 is 1. The van der Waals surface area contributed by atoms with Gasteiger partial charge in [0.05, 0.1) is 25.2 Å². The van der Waals surface area contributed by atoms with Crippen LogP contribution in [0, 0.1) is 11.3 Å². The first-order chi connectivity index (χ1) is 8.39. The van der Waals surface area contributed by atoms with Gasteiger partial charge in [-0.25, -0.2) is 4.79 Å². The molecule has 0 spiro atoms. The minimum atomic E-state index is -0.565. The van der Waals surface area contributed by atoms with Crippen molar-refractivity contribution in [3.63, 3.8) is 0 Å². The zero-order valence-corrected chi connectivity index (χ0v) is 11.1. The van der Waals surface area contributed by atoms with Crippen LogP contribution in [0.5, 0.6) is 5.75 Å².